The first kappa shape index (κ1) is 13.1. The standard InChI is InChI=1S/C22H17N3/c1-23-12-13-24(14-23)19-10-5-11-20-21(19)17-8-4-7-16-15-6-2-3-9-18(15)25(20)22(16)17/h2-13H,14H2,1H3. The molecule has 3 aromatic carbocycles. The third-order valence-corrected chi connectivity index (χ3v) is 5.41. The highest BCUT2D eigenvalue weighted by atomic mass is 15.3. The molecule has 0 aliphatic carbocycles. The third-order valence-electron chi connectivity index (χ3n) is 5.41. The summed E-state index contributed by atoms with van der Waals surface area (Å²) < 4.78 is 2.43. The summed E-state index contributed by atoms with van der Waals surface area (Å²) >= 11 is 0. The van der Waals surface area contributed by atoms with E-state index in [-0.39, 0.29) is 0 Å². The Kier molecular flexibility index (Phi) is 2.34. The van der Waals surface area contributed by atoms with E-state index in [1.54, 1.807) is 0 Å². The van der Waals surface area contributed by atoms with Crippen LogP contribution >= 0.6 is 0 Å². The molecule has 1 aliphatic heterocycles. The molecule has 0 saturated carbocycles. The fraction of sp³-hybridized carbons (Fsp3) is 0.0909. The molecule has 0 amide bonds. The SMILES string of the molecule is CN1C=CN(c2cccc3c2c2cccc4c5ccccc5n3c42)C1. The van der Waals surface area contributed by atoms with Crippen molar-refractivity contribution in [3.8, 4) is 0 Å². The summed E-state index contributed by atoms with van der Waals surface area (Å²) in [6, 6.07) is 22.1. The molecule has 0 saturated heterocycles. The Hall–Kier alpha value is -3.20. The fourth-order valence-electron chi connectivity index (χ4n) is 4.39. The van der Waals surface area contributed by atoms with Gasteiger partial charge in [0.15, 0.2) is 0 Å². The van der Waals surface area contributed by atoms with Crippen LogP contribution in [0.15, 0.2) is 73.1 Å². The largest absolute Gasteiger partial charge is 0.361 e. The average Bonchev–Trinajstić information content (AvgIpc) is 3.32. The van der Waals surface area contributed by atoms with Gasteiger partial charge < -0.3 is 14.2 Å². The van der Waals surface area contributed by atoms with E-state index < -0.39 is 0 Å². The summed E-state index contributed by atoms with van der Waals surface area (Å²) in [6.07, 6.45) is 4.30. The van der Waals surface area contributed by atoms with E-state index in [4.69, 9.17) is 0 Å². The second kappa shape index (κ2) is 4.45. The maximum atomic E-state index is 2.43. The molecule has 5 aromatic rings. The molecular formula is C22H17N3. The highest BCUT2D eigenvalue weighted by Gasteiger charge is 2.21. The lowest BCUT2D eigenvalue weighted by atomic mass is 10.1. The highest BCUT2D eigenvalue weighted by molar-refractivity contribution is 6.25. The Morgan fingerprint density at radius 2 is 1.48 bits per heavy atom. The van der Waals surface area contributed by atoms with Crippen LogP contribution in [0.25, 0.3) is 38.1 Å². The summed E-state index contributed by atoms with van der Waals surface area (Å²) in [7, 11) is 2.11. The van der Waals surface area contributed by atoms with Crippen LogP contribution in [0.2, 0.25) is 0 Å². The maximum absolute atomic E-state index is 2.43. The van der Waals surface area contributed by atoms with Crippen LogP contribution in [-0.4, -0.2) is 23.0 Å². The van der Waals surface area contributed by atoms with E-state index in [0.29, 0.717) is 0 Å². The zero-order valence-electron chi connectivity index (χ0n) is 14.0. The van der Waals surface area contributed by atoms with Crippen LogP contribution in [0.4, 0.5) is 5.69 Å². The second-order valence-electron chi connectivity index (χ2n) is 6.89. The zero-order chi connectivity index (χ0) is 16.5. The van der Waals surface area contributed by atoms with Gasteiger partial charge in [-0.3, -0.25) is 0 Å². The first-order valence-corrected chi connectivity index (χ1v) is 8.64. The zero-order valence-corrected chi connectivity index (χ0v) is 14.0. The number of anilines is 1. The Morgan fingerprint density at radius 3 is 2.36 bits per heavy atom. The number of rotatable bonds is 1. The summed E-state index contributed by atoms with van der Waals surface area (Å²) in [5, 5.41) is 5.34. The molecule has 2 aromatic heterocycles. The molecule has 0 N–H and O–H groups in total. The summed E-state index contributed by atoms with van der Waals surface area (Å²) in [5.41, 5.74) is 5.18. The molecule has 0 radical (unpaired) electrons. The van der Waals surface area contributed by atoms with E-state index in [9.17, 15) is 0 Å². The van der Waals surface area contributed by atoms with E-state index in [2.05, 4.69) is 94.3 Å². The minimum atomic E-state index is 0.891. The molecule has 120 valence electrons. The van der Waals surface area contributed by atoms with Crippen LogP contribution in [0, 0.1) is 0 Å². The maximum Gasteiger partial charge on any atom is 0.0939 e. The number of benzene rings is 3. The number of fused-ring (bicyclic) bond motifs is 6. The van der Waals surface area contributed by atoms with Crippen molar-refractivity contribution in [2.75, 3.05) is 18.6 Å². The molecule has 3 heterocycles. The van der Waals surface area contributed by atoms with Gasteiger partial charge in [0.2, 0.25) is 0 Å². The predicted molar refractivity (Wildman–Crippen MR) is 105 cm³/mol. The number of hydrogen-bond donors (Lipinski definition) is 0. The predicted octanol–water partition coefficient (Wildman–Crippen LogP) is 5.02. The van der Waals surface area contributed by atoms with Gasteiger partial charge >= 0.3 is 0 Å². The van der Waals surface area contributed by atoms with Crippen LogP contribution in [-0.2, 0) is 0 Å². The normalized spacial score (nSPS) is 14.9. The minimum Gasteiger partial charge on any atom is -0.361 e. The van der Waals surface area contributed by atoms with Gasteiger partial charge in [0.05, 0.1) is 28.9 Å². The summed E-state index contributed by atoms with van der Waals surface area (Å²) in [4.78, 5) is 4.52. The van der Waals surface area contributed by atoms with Crippen LogP contribution in [0.3, 0.4) is 0 Å². The van der Waals surface area contributed by atoms with E-state index in [0.717, 1.165) is 6.67 Å². The van der Waals surface area contributed by atoms with Crippen molar-refractivity contribution in [2.45, 2.75) is 0 Å². The molecular weight excluding hydrogens is 306 g/mol. The molecule has 1 aliphatic rings. The van der Waals surface area contributed by atoms with Crippen molar-refractivity contribution in [1.29, 1.82) is 0 Å². The van der Waals surface area contributed by atoms with Crippen molar-refractivity contribution in [1.82, 2.24) is 9.30 Å². The summed E-state index contributed by atoms with van der Waals surface area (Å²) in [5.74, 6) is 0. The fourth-order valence-corrected chi connectivity index (χ4v) is 4.39. The smallest absolute Gasteiger partial charge is 0.0939 e. The lowest BCUT2D eigenvalue weighted by Gasteiger charge is -2.19. The van der Waals surface area contributed by atoms with Gasteiger partial charge in [-0.2, -0.15) is 0 Å². The Balaban J connectivity index is 1.84. The van der Waals surface area contributed by atoms with Gasteiger partial charge in [-0.05, 0) is 18.2 Å². The first-order chi connectivity index (χ1) is 12.3. The minimum absolute atomic E-state index is 0.891. The van der Waals surface area contributed by atoms with E-state index in [1.165, 1.54) is 43.8 Å². The van der Waals surface area contributed by atoms with Gasteiger partial charge in [0.25, 0.3) is 0 Å². The van der Waals surface area contributed by atoms with E-state index in [1.807, 2.05) is 0 Å². The second-order valence-corrected chi connectivity index (χ2v) is 6.89. The van der Waals surface area contributed by atoms with Crippen molar-refractivity contribution in [3.63, 3.8) is 0 Å². The lowest BCUT2D eigenvalue weighted by Crippen LogP contribution is -2.21. The topological polar surface area (TPSA) is 10.9 Å². The molecule has 0 fully saturated rings. The van der Waals surface area contributed by atoms with Crippen molar-refractivity contribution in [2.24, 2.45) is 0 Å². The van der Waals surface area contributed by atoms with E-state index >= 15 is 0 Å². The van der Waals surface area contributed by atoms with Crippen molar-refractivity contribution >= 4 is 43.8 Å². The first-order valence-electron chi connectivity index (χ1n) is 8.64. The van der Waals surface area contributed by atoms with Gasteiger partial charge in [-0.25, -0.2) is 0 Å². The molecule has 3 heteroatoms. The monoisotopic (exact) mass is 323 g/mol. The number of aromatic nitrogens is 1. The van der Waals surface area contributed by atoms with Gasteiger partial charge in [0, 0.05) is 41.0 Å². The Bertz CT molecular complexity index is 1290. The molecule has 6 rings (SSSR count). The van der Waals surface area contributed by atoms with Gasteiger partial charge in [-0.15, -0.1) is 0 Å². The van der Waals surface area contributed by atoms with Crippen LogP contribution < -0.4 is 4.90 Å². The van der Waals surface area contributed by atoms with Gasteiger partial charge in [0.1, 0.15) is 0 Å². The number of hydrogen-bond acceptors (Lipinski definition) is 2. The molecule has 3 nitrogen and oxygen atoms in total. The third kappa shape index (κ3) is 1.55. The Labute approximate surface area is 145 Å². The highest BCUT2D eigenvalue weighted by Crippen LogP contribution is 2.42. The van der Waals surface area contributed by atoms with Gasteiger partial charge in [-0.1, -0.05) is 42.5 Å². The molecule has 0 atom stereocenters. The molecule has 0 bridgehead atoms. The average molecular weight is 323 g/mol. The number of nitrogens with zero attached hydrogens (tertiary/aromatic N) is 3. The lowest BCUT2D eigenvalue weighted by molar-refractivity contribution is 0.496. The van der Waals surface area contributed by atoms with Crippen LogP contribution in [0.1, 0.15) is 0 Å². The Morgan fingerprint density at radius 1 is 0.720 bits per heavy atom. The molecule has 0 spiro atoms. The quantitative estimate of drug-likeness (QED) is 0.429. The molecule has 0 unspecified atom stereocenters. The summed E-state index contributed by atoms with van der Waals surface area (Å²) in [6.45, 7) is 0.891. The molecule has 25 heavy (non-hydrogen) atoms. The van der Waals surface area contributed by atoms with Crippen molar-refractivity contribution in [3.05, 3.63) is 73.1 Å². The van der Waals surface area contributed by atoms with Crippen molar-refractivity contribution < 1.29 is 0 Å². The van der Waals surface area contributed by atoms with Crippen LogP contribution in [0.5, 0.6) is 0 Å². The number of para-hydroxylation sites is 2.